The molecule has 0 spiro atoms. The highest BCUT2D eigenvalue weighted by atomic mass is 16.5. The molecule has 2 N–H and O–H groups in total. The van der Waals surface area contributed by atoms with E-state index in [9.17, 15) is 4.79 Å². The second-order valence-electron chi connectivity index (χ2n) is 4.30. The molecule has 1 aromatic carbocycles. The molecule has 0 aliphatic carbocycles. The molecule has 0 bridgehead atoms. The van der Waals surface area contributed by atoms with Crippen molar-refractivity contribution in [2.75, 3.05) is 25.5 Å². The van der Waals surface area contributed by atoms with Gasteiger partial charge in [0.2, 0.25) is 5.91 Å². The van der Waals surface area contributed by atoms with Crippen molar-refractivity contribution in [3.63, 3.8) is 0 Å². The number of nitrogens with one attached hydrogen (secondary N) is 2. The summed E-state index contributed by atoms with van der Waals surface area (Å²) in [6.45, 7) is 3.50. The van der Waals surface area contributed by atoms with E-state index < -0.39 is 0 Å². The van der Waals surface area contributed by atoms with Gasteiger partial charge in [-0.15, -0.1) is 0 Å². The van der Waals surface area contributed by atoms with Crippen molar-refractivity contribution in [3.05, 3.63) is 23.8 Å². The number of methoxy groups -OCH3 is 1. The van der Waals surface area contributed by atoms with E-state index in [0.29, 0.717) is 5.92 Å². The van der Waals surface area contributed by atoms with E-state index in [0.717, 1.165) is 36.5 Å². The first-order valence-corrected chi connectivity index (χ1v) is 5.87. The number of anilines is 1. The molecule has 4 nitrogen and oxygen atoms in total. The Labute approximate surface area is 101 Å². The summed E-state index contributed by atoms with van der Waals surface area (Å²) in [6.07, 6.45) is 1.10. The number of ether oxygens (including phenoxy) is 1. The summed E-state index contributed by atoms with van der Waals surface area (Å²) in [7, 11) is 1.62. The first-order valence-electron chi connectivity index (χ1n) is 5.87. The van der Waals surface area contributed by atoms with Crippen LogP contribution >= 0.6 is 0 Å². The Bertz CT molecular complexity index is 412. The van der Waals surface area contributed by atoms with Crippen LogP contribution in [0.3, 0.4) is 0 Å². The number of rotatable bonds is 3. The molecule has 4 heteroatoms. The lowest BCUT2D eigenvalue weighted by Gasteiger charge is -2.17. The SMILES string of the molecule is COc1cccc(C2CCNC2)c1NC(C)=O. The van der Waals surface area contributed by atoms with Crippen LogP contribution in [0.25, 0.3) is 0 Å². The second kappa shape index (κ2) is 5.19. The van der Waals surface area contributed by atoms with Gasteiger partial charge in [-0.25, -0.2) is 0 Å². The minimum Gasteiger partial charge on any atom is -0.495 e. The largest absolute Gasteiger partial charge is 0.495 e. The third-order valence-corrected chi connectivity index (χ3v) is 3.08. The van der Waals surface area contributed by atoms with E-state index in [1.165, 1.54) is 6.92 Å². The lowest BCUT2D eigenvalue weighted by atomic mass is 9.96. The molecular weight excluding hydrogens is 216 g/mol. The van der Waals surface area contributed by atoms with Gasteiger partial charge in [0.1, 0.15) is 5.75 Å². The van der Waals surface area contributed by atoms with Crippen molar-refractivity contribution >= 4 is 11.6 Å². The monoisotopic (exact) mass is 234 g/mol. The third-order valence-electron chi connectivity index (χ3n) is 3.08. The summed E-state index contributed by atoms with van der Waals surface area (Å²) in [5, 5.41) is 6.21. The fraction of sp³-hybridized carbons (Fsp3) is 0.462. The number of benzene rings is 1. The van der Waals surface area contributed by atoms with Crippen molar-refractivity contribution in [1.29, 1.82) is 0 Å². The maximum Gasteiger partial charge on any atom is 0.221 e. The molecule has 0 aromatic heterocycles. The Hall–Kier alpha value is -1.55. The van der Waals surface area contributed by atoms with Crippen molar-refractivity contribution < 1.29 is 9.53 Å². The van der Waals surface area contributed by atoms with Gasteiger partial charge in [0.25, 0.3) is 0 Å². The van der Waals surface area contributed by atoms with Gasteiger partial charge in [0.15, 0.2) is 0 Å². The van der Waals surface area contributed by atoms with E-state index in [1.54, 1.807) is 7.11 Å². The highest BCUT2D eigenvalue weighted by molar-refractivity contribution is 5.91. The van der Waals surface area contributed by atoms with Gasteiger partial charge in [-0.3, -0.25) is 4.79 Å². The van der Waals surface area contributed by atoms with Gasteiger partial charge in [-0.1, -0.05) is 12.1 Å². The highest BCUT2D eigenvalue weighted by Gasteiger charge is 2.21. The third kappa shape index (κ3) is 2.58. The first kappa shape index (κ1) is 11.9. The van der Waals surface area contributed by atoms with Crippen LogP contribution in [0.2, 0.25) is 0 Å². The summed E-state index contributed by atoms with van der Waals surface area (Å²) in [5.74, 6) is 1.11. The Kier molecular flexibility index (Phi) is 3.64. The standard InChI is InChI=1S/C13H18N2O2/c1-9(16)15-13-11(10-6-7-14-8-10)4-3-5-12(13)17-2/h3-5,10,14H,6-8H2,1-2H3,(H,15,16). The van der Waals surface area contributed by atoms with Gasteiger partial charge in [0.05, 0.1) is 12.8 Å². The molecule has 1 aromatic rings. The topological polar surface area (TPSA) is 50.4 Å². The number of para-hydroxylation sites is 1. The fourth-order valence-corrected chi connectivity index (χ4v) is 2.29. The Balaban J connectivity index is 2.37. The molecular formula is C13H18N2O2. The average molecular weight is 234 g/mol. The summed E-state index contributed by atoms with van der Waals surface area (Å²) in [4.78, 5) is 11.3. The van der Waals surface area contributed by atoms with Crippen LogP contribution in [-0.2, 0) is 4.79 Å². The quantitative estimate of drug-likeness (QED) is 0.837. The lowest BCUT2D eigenvalue weighted by Crippen LogP contribution is -2.13. The predicted octanol–water partition coefficient (Wildman–Crippen LogP) is 1.73. The number of carbonyl (C=O) groups excluding carboxylic acids is 1. The maximum atomic E-state index is 11.3. The van der Waals surface area contributed by atoms with Gasteiger partial charge < -0.3 is 15.4 Å². The summed E-state index contributed by atoms with van der Waals surface area (Å²) in [5.41, 5.74) is 1.97. The van der Waals surface area contributed by atoms with Crippen LogP contribution in [0, 0.1) is 0 Å². The molecule has 17 heavy (non-hydrogen) atoms. The molecule has 1 unspecified atom stereocenters. The van der Waals surface area contributed by atoms with E-state index in [2.05, 4.69) is 16.7 Å². The normalized spacial score (nSPS) is 19.1. The van der Waals surface area contributed by atoms with E-state index in [1.807, 2.05) is 12.1 Å². The van der Waals surface area contributed by atoms with Crippen LogP contribution in [0.15, 0.2) is 18.2 Å². The van der Waals surface area contributed by atoms with Gasteiger partial charge in [0, 0.05) is 13.5 Å². The van der Waals surface area contributed by atoms with Gasteiger partial charge in [-0.2, -0.15) is 0 Å². The Morgan fingerprint density at radius 1 is 1.53 bits per heavy atom. The molecule has 2 rings (SSSR count). The minimum atomic E-state index is -0.0679. The van der Waals surface area contributed by atoms with Crippen molar-refractivity contribution in [3.8, 4) is 5.75 Å². The zero-order valence-electron chi connectivity index (χ0n) is 10.2. The Morgan fingerprint density at radius 2 is 2.35 bits per heavy atom. The van der Waals surface area contributed by atoms with E-state index in [4.69, 9.17) is 4.74 Å². The first-order chi connectivity index (χ1) is 8.22. The van der Waals surface area contributed by atoms with E-state index in [-0.39, 0.29) is 5.91 Å². The fourth-order valence-electron chi connectivity index (χ4n) is 2.29. The highest BCUT2D eigenvalue weighted by Crippen LogP contribution is 2.35. The van der Waals surface area contributed by atoms with Crippen molar-refractivity contribution in [2.45, 2.75) is 19.3 Å². The number of hydrogen-bond donors (Lipinski definition) is 2. The zero-order valence-corrected chi connectivity index (χ0v) is 10.2. The number of hydrogen-bond acceptors (Lipinski definition) is 3. The van der Waals surface area contributed by atoms with Gasteiger partial charge >= 0.3 is 0 Å². The van der Waals surface area contributed by atoms with Crippen LogP contribution < -0.4 is 15.4 Å². The van der Waals surface area contributed by atoms with Crippen molar-refractivity contribution in [1.82, 2.24) is 5.32 Å². The molecule has 1 saturated heterocycles. The van der Waals surface area contributed by atoms with E-state index >= 15 is 0 Å². The van der Waals surface area contributed by atoms with Crippen molar-refractivity contribution in [2.24, 2.45) is 0 Å². The summed E-state index contributed by atoms with van der Waals surface area (Å²) in [6, 6.07) is 5.90. The lowest BCUT2D eigenvalue weighted by molar-refractivity contribution is -0.114. The molecule has 0 saturated carbocycles. The summed E-state index contributed by atoms with van der Waals surface area (Å²) >= 11 is 0. The van der Waals surface area contributed by atoms with Crippen LogP contribution in [0.4, 0.5) is 5.69 Å². The average Bonchev–Trinajstić information content (AvgIpc) is 2.82. The predicted molar refractivity (Wildman–Crippen MR) is 67.5 cm³/mol. The molecule has 1 amide bonds. The van der Waals surface area contributed by atoms with Crippen LogP contribution in [0.1, 0.15) is 24.8 Å². The molecule has 1 aliphatic rings. The molecule has 92 valence electrons. The maximum absolute atomic E-state index is 11.3. The summed E-state index contributed by atoms with van der Waals surface area (Å²) < 4.78 is 5.31. The van der Waals surface area contributed by atoms with Crippen LogP contribution in [-0.4, -0.2) is 26.1 Å². The second-order valence-corrected chi connectivity index (χ2v) is 4.30. The molecule has 0 radical (unpaired) electrons. The number of amides is 1. The Morgan fingerprint density at radius 3 is 2.94 bits per heavy atom. The molecule has 1 fully saturated rings. The van der Waals surface area contributed by atoms with Gasteiger partial charge in [-0.05, 0) is 30.5 Å². The van der Waals surface area contributed by atoms with Crippen LogP contribution in [0.5, 0.6) is 5.75 Å². The smallest absolute Gasteiger partial charge is 0.221 e. The zero-order chi connectivity index (χ0) is 12.3. The molecule has 1 aliphatic heterocycles. The molecule has 1 heterocycles. The number of carbonyl (C=O) groups is 1. The molecule has 1 atom stereocenters. The minimum absolute atomic E-state index is 0.0679.